The average Bonchev–Trinajstić information content (AvgIpc) is 3.24. The molecule has 7 heteroatoms. The molecule has 1 aromatic carbocycles. The molecule has 0 bridgehead atoms. The van der Waals surface area contributed by atoms with E-state index >= 15 is 0 Å². The van der Waals surface area contributed by atoms with Gasteiger partial charge in [-0.3, -0.25) is 4.79 Å². The Morgan fingerprint density at radius 2 is 2.00 bits per heavy atom. The van der Waals surface area contributed by atoms with E-state index in [1.165, 1.54) is 17.1 Å². The summed E-state index contributed by atoms with van der Waals surface area (Å²) in [5, 5.41) is 18.3. The molecular formula is C18H16FN2O3S-. The van der Waals surface area contributed by atoms with Gasteiger partial charge in [-0.25, -0.2) is 9.40 Å². The van der Waals surface area contributed by atoms with E-state index in [2.05, 4.69) is 5.10 Å². The van der Waals surface area contributed by atoms with Gasteiger partial charge in [-0.1, -0.05) is 18.2 Å². The normalized spacial score (nSPS) is 16.8. The van der Waals surface area contributed by atoms with Crippen LogP contribution < -0.4 is 5.11 Å². The third-order valence-electron chi connectivity index (χ3n) is 4.00. The highest BCUT2D eigenvalue weighted by Crippen LogP contribution is 2.34. The van der Waals surface area contributed by atoms with E-state index in [9.17, 15) is 19.1 Å². The Bertz CT molecular complexity index is 787. The molecule has 1 atom stereocenters. The number of nitrogens with zero attached hydrogens (tertiary/aromatic N) is 2. The minimum absolute atomic E-state index is 0.0763. The van der Waals surface area contributed by atoms with Crippen LogP contribution in [0.5, 0.6) is 0 Å². The van der Waals surface area contributed by atoms with E-state index in [0.29, 0.717) is 6.42 Å². The molecule has 0 saturated heterocycles. The number of aliphatic carboxylic acids is 1. The van der Waals surface area contributed by atoms with Crippen molar-refractivity contribution in [2.75, 3.05) is 0 Å². The molecule has 1 aromatic heterocycles. The Hall–Kier alpha value is -2.54. The van der Waals surface area contributed by atoms with Gasteiger partial charge in [-0.2, -0.15) is 5.10 Å². The quantitative estimate of drug-likeness (QED) is 0.795. The van der Waals surface area contributed by atoms with Crippen molar-refractivity contribution < 1.29 is 19.1 Å². The van der Waals surface area contributed by atoms with Crippen LogP contribution in [0.3, 0.4) is 0 Å². The van der Waals surface area contributed by atoms with E-state index in [0.717, 1.165) is 16.2 Å². The van der Waals surface area contributed by atoms with Gasteiger partial charge in [0.1, 0.15) is 5.82 Å². The minimum Gasteiger partial charge on any atom is -0.550 e. The summed E-state index contributed by atoms with van der Waals surface area (Å²) in [5.74, 6) is -1.76. The van der Waals surface area contributed by atoms with Gasteiger partial charge in [-0.05, 0) is 42.0 Å². The summed E-state index contributed by atoms with van der Waals surface area (Å²) < 4.78 is 13.2. The second kappa shape index (κ2) is 7.57. The number of rotatable bonds is 6. The second-order valence-electron chi connectivity index (χ2n) is 5.76. The Balaban J connectivity index is 1.81. The number of hydrogen-bond acceptors (Lipinski definition) is 5. The number of carboxylic acid groups (broad SMARTS) is 1. The van der Waals surface area contributed by atoms with Gasteiger partial charge in [0.05, 0.1) is 16.6 Å². The van der Waals surface area contributed by atoms with Crippen LogP contribution in [-0.2, 0) is 9.59 Å². The maximum Gasteiger partial charge on any atom is 0.243 e. The maximum atomic E-state index is 13.2. The van der Waals surface area contributed by atoms with Gasteiger partial charge in [0, 0.05) is 18.8 Å². The number of hydrogen-bond donors (Lipinski definition) is 0. The molecule has 0 spiro atoms. The van der Waals surface area contributed by atoms with E-state index in [1.54, 1.807) is 23.5 Å². The predicted octanol–water partition coefficient (Wildman–Crippen LogP) is 2.49. The van der Waals surface area contributed by atoms with Crippen molar-refractivity contribution in [2.45, 2.75) is 31.7 Å². The lowest BCUT2D eigenvalue weighted by molar-refractivity contribution is -0.305. The first kappa shape index (κ1) is 17.3. The Labute approximate surface area is 148 Å². The summed E-state index contributed by atoms with van der Waals surface area (Å²) >= 11 is 1.54. The molecule has 0 unspecified atom stereocenters. The van der Waals surface area contributed by atoms with Crippen LogP contribution in [0.25, 0.3) is 0 Å². The second-order valence-corrected chi connectivity index (χ2v) is 6.71. The van der Waals surface area contributed by atoms with Crippen molar-refractivity contribution in [2.24, 2.45) is 5.10 Å². The molecular weight excluding hydrogens is 343 g/mol. The van der Waals surface area contributed by atoms with Crippen LogP contribution in [0.1, 0.15) is 42.2 Å². The van der Waals surface area contributed by atoms with Gasteiger partial charge in [-0.15, -0.1) is 11.3 Å². The van der Waals surface area contributed by atoms with Gasteiger partial charge in [0.2, 0.25) is 5.91 Å². The Morgan fingerprint density at radius 1 is 1.24 bits per heavy atom. The van der Waals surface area contributed by atoms with Crippen molar-refractivity contribution in [3.05, 3.63) is 58.0 Å². The SMILES string of the molecule is O=C([O-])CCCC(=O)N1N=C(c2cccs2)C[C@@H]1c1ccc(F)cc1. The molecule has 130 valence electrons. The third kappa shape index (κ3) is 4.11. The molecule has 0 saturated carbocycles. The lowest BCUT2D eigenvalue weighted by Gasteiger charge is -2.22. The molecule has 0 fully saturated rings. The standard InChI is InChI=1S/C18H17FN2O3S/c19-13-8-6-12(7-9-13)15-11-14(16-3-2-10-25-16)20-21(15)17(22)4-1-5-18(23)24/h2-3,6-10,15H,1,4-5,11H2,(H,23,24)/p-1/t15-/m1/s1. The molecule has 0 N–H and O–H groups in total. The third-order valence-corrected chi connectivity index (χ3v) is 4.92. The van der Waals surface area contributed by atoms with Gasteiger partial charge < -0.3 is 9.90 Å². The fourth-order valence-corrected chi connectivity index (χ4v) is 3.50. The number of benzene rings is 1. The van der Waals surface area contributed by atoms with Crippen LogP contribution in [0.15, 0.2) is 46.9 Å². The Kier molecular flexibility index (Phi) is 5.23. The smallest absolute Gasteiger partial charge is 0.243 e. The highest BCUT2D eigenvalue weighted by atomic mass is 32.1. The average molecular weight is 359 g/mol. The number of halogens is 1. The zero-order chi connectivity index (χ0) is 17.8. The van der Waals surface area contributed by atoms with E-state index in [1.807, 2.05) is 17.5 Å². The van der Waals surface area contributed by atoms with Crippen molar-refractivity contribution >= 4 is 28.9 Å². The topological polar surface area (TPSA) is 72.8 Å². The summed E-state index contributed by atoms with van der Waals surface area (Å²) in [6.45, 7) is 0. The number of carbonyl (C=O) groups excluding carboxylic acids is 2. The summed E-state index contributed by atoms with van der Waals surface area (Å²) in [6.07, 6.45) is 0.658. The van der Waals surface area contributed by atoms with Crippen LogP contribution in [-0.4, -0.2) is 22.6 Å². The predicted molar refractivity (Wildman–Crippen MR) is 90.3 cm³/mol. The van der Waals surface area contributed by atoms with Gasteiger partial charge >= 0.3 is 0 Å². The summed E-state index contributed by atoms with van der Waals surface area (Å²) in [4.78, 5) is 24.0. The molecule has 3 rings (SSSR count). The van der Waals surface area contributed by atoms with E-state index in [4.69, 9.17) is 0 Å². The molecule has 1 aliphatic heterocycles. The van der Waals surface area contributed by atoms with Crippen LogP contribution in [0, 0.1) is 5.82 Å². The fourth-order valence-electron chi connectivity index (χ4n) is 2.77. The molecule has 2 aromatic rings. The molecule has 5 nitrogen and oxygen atoms in total. The van der Waals surface area contributed by atoms with Crippen molar-refractivity contribution in [3.8, 4) is 0 Å². The summed E-state index contributed by atoms with van der Waals surface area (Å²) in [7, 11) is 0. The highest BCUT2D eigenvalue weighted by Gasteiger charge is 2.33. The Morgan fingerprint density at radius 3 is 2.64 bits per heavy atom. The largest absolute Gasteiger partial charge is 0.550 e. The van der Waals surface area contributed by atoms with E-state index < -0.39 is 5.97 Å². The highest BCUT2D eigenvalue weighted by molar-refractivity contribution is 7.12. The lowest BCUT2D eigenvalue weighted by Crippen LogP contribution is -2.28. The fraction of sp³-hybridized carbons (Fsp3) is 0.278. The molecule has 1 aliphatic rings. The van der Waals surface area contributed by atoms with Gasteiger partial charge in [0.25, 0.3) is 0 Å². The first-order chi connectivity index (χ1) is 12.0. The monoisotopic (exact) mass is 359 g/mol. The summed E-state index contributed by atoms with van der Waals surface area (Å²) in [5.41, 5.74) is 1.60. The maximum absolute atomic E-state index is 13.2. The lowest BCUT2D eigenvalue weighted by atomic mass is 10.0. The van der Waals surface area contributed by atoms with Crippen molar-refractivity contribution in [3.63, 3.8) is 0 Å². The number of carboxylic acids is 1. The minimum atomic E-state index is -1.17. The zero-order valence-electron chi connectivity index (χ0n) is 13.4. The molecule has 0 radical (unpaired) electrons. The first-order valence-corrected chi connectivity index (χ1v) is 8.81. The molecule has 0 aliphatic carbocycles. The van der Waals surface area contributed by atoms with Crippen LogP contribution in [0.4, 0.5) is 4.39 Å². The molecule has 25 heavy (non-hydrogen) atoms. The van der Waals surface area contributed by atoms with Crippen LogP contribution in [0.2, 0.25) is 0 Å². The number of carbonyl (C=O) groups is 2. The number of hydrazone groups is 1. The van der Waals surface area contributed by atoms with Gasteiger partial charge in [0.15, 0.2) is 0 Å². The van der Waals surface area contributed by atoms with Crippen LogP contribution >= 0.6 is 11.3 Å². The summed E-state index contributed by atoms with van der Waals surface area (Å²) in [6, 6.07) is 9.56. The molecule has 1 amide bonds. The zero-order valence-corrected chi connectivity index (χ0v) is 14.2. The van der Waals surface area contributed by atoms with Crippen molar-refractivity contribution in [1.82, 2.24) is 5.01 Å². The first-order valence-electron chi connectivity index (χ1n) is 7.93. The van der Waals surface area contributed by atoms with E-state index in [-0.39, 0.29) is 37.0 Å². The number of thiophene rings is 1. The van der Waals surface area contributed by atoms with Crippen molar-refractivity contribution in [1.29, 1.82) is 0 Å². The number of amides is 1. The molecule has 2 heterocycles.